The van der Waals surface area contributed by atoms with E-state index in [1.807, 2.05) is 30.3 Å². The molecule has 0 aliphatic carbocycles. The third-order valence-corrected chi connectivity index (χ3v) is 2.18. The highest BCUT2D eigenvalue weighted by molar-refractivity contribution is 9.10. The number of aliphatic hydroxyl groups is 1. The number of aliphatic hydroxyl groups excluding tert-OH is 1. The molecule has 0 heterocycles. The lowest BCUT2D eigenvalue weighted by molar-refractivity contribution is 0.245. The van der Waals surface area contributed by atoms with Crippen LogP contribution in [0.4, 0.5) is 0 Å². The van der Waals surface area contributed by atoms with Gasteiger partial charge in [-0.25, -0.2) is 0 Å². The summed E-state index contributed by atoms with van der Waals surface area (Å²) in [5.41, 5.74) is 1.08. The van der Waals surface area contributed by atoms with Gasteiger partial charge in [-0.1, -0.05) is 46.3 Å². The van der Waals surface area contributed by atoms with E-state index < -0.39 is 6.10 Å². The average molecular weight is 227 g/mol. The Morgan fingerprint density at radius 3 is 2.67 bits per heavy atom. The van der Waals surface area contributed by atoms with Crippen LogP contribution in [-0.2, 0) is 0 Å². The number of benzene rings is 1. The highest BCUT2D eigenvalue weighted by atomic mass is 79.9. The molecule has 1 rings (SSSR count). The van der Waals surface area contributed by atoms with Crippen LogP contribution in [0.3, 0.4) is 0 Å². The predicted octanol–water partition coefficient (Wildman–Crippen LogP) is 2.84. The van der Waals surface area contributed by atoms with E-state index in [0.717, 1.165) is 10.0 Å². The van der Waals surface area contributed by atoms with Crippen LogP contribution in [-0.4, -0.2) is 11.2 Å². The second kappa shape index (κ2) is 4.43. The van der Waals surface area contributed by atoms with Gasteiger partial charge in [0, 0.05) is 4.47 Å². The van der Waals surface area contributed by atoms with Gasteiger partial charge in [0.1, 0.15) is 0 Å². The van der Waals surface area contributed by atoms with Gasteiger partial charge in [-0.15, -0.1) is 0 Å². The zero-order valence-electron chi connectivity index (χ0n) is 6.87. The molecular formula is C10H11BrO. The molecule has 1 aromatic carbocycles. The lowest BCUT2D eigenvalue weighted by Crippen LogP contribution is -1.91. The molecule has 1 atom stereocenters. The molecular weight excluding hydrogens is 216 g/mol. The van der Waals surface area contributed by atoms with Gasteiger partial charge in [-0.2, -0.15) is 0 Å². The summed E-state index contributed by atoms with van der Waals surface area (Å²) in [5.74, 6) is 0. The largest absolute Gasteiger partial charge is 0.389 e. The zero-order valence-corrected chi connectivity index (χ0v) is 8.45. The Morgan fingerprint density at radius 2 is 2.08 bits per heavy atom. The van der Waals surface area contributed by atoms with Crippen LogP contribution in [0.1, 0.15) is 12.5 Å². The maximum absolute atomic E-state index is 9.00. The monoisotopic (exact) mass is 226 g/mol. The van der Waals surface area contributed by atoms with E-state index in [4.69, 9.17) is 5.11 Å². The molecule has 0 aliphatic heterocycles. The summed E-state index contributed by atoms with van der Waals surface area (Å²) in [6.07, 6.45) is 3.26. The van der Waals surface area contributed by atoms with E-state index in [2.05, 4.69) is 15.9 Å². The molecule has 1 N–H and O–H groups in total. The van der Waals surface area contributed by atoms with Gasteiger partial charge in [0.2, 0.25) is 0 Å². The van der Waals surface area contributed by atoms with Gasteiger partial charge in [0.15, 0.2) is 0 Å². The van der Waals surface area contributed by atoms with Crippen LogP contribution in [0.2, 0.25) is 0 Å². The van der Waals surface area contributed by atoms with Crippen molar-refractivity contribution >= 4 is 22.0 Å². The standard InChI is InChI=1S/C10H11BrO/c1-8(12)6-7-9-4-2-3-5-10(9)11/h2-8,12H,1H3/b7-6+. The first-order valence-electron chi connectivity index (χ1n) is 3.81. The van der Waals surface area contributed by atoms with Crippen LogP contribution in [0.25, 0.3) is 6.08 Å². The average Bonchev–Trinajstić information content (AvgIpc) is 2.03. The molecule has 0 amide bonds. The van der Waals surface area contributed by atoms with Gasteiger partial charge >= 0.3 is 0 Å². The Labute approximate surface area is 80.9 Å². The lowest BCUT2D eigenvalue weighted by atomic mass is 10.2. The number of hydrogen-bond donors (Lipinski definition) is 1. The third kappa shape index (κ3) is 2.80. The summed E-state index contributed by atoms with van der Waals surface area (Å²) in [6.45, 7) is 1.73. The summed E-state index contributed by atoms with van der Waals surface area (Å²) in [7, 11) is 0. The normalized spacial score (nSPS) is 13.6. The van der Waals surface area contributed by atoms with Crippen molar-refractivity contribution in [3.63, 3.8) is 0 Å². The zero-order chi connectivity index (χ0) is 8.97. The van der Waals surface area contributed by atoms with Crippen LogP contribution in [0, 0.1) is 0 Å². The van der Waals surface area contributed by atoms with Crippen molar-refractivity contribution < 1.29 is 5.11 Å². The first kappa shape index (κ1) is 9.49. The molecule has 0 spiro atoms. The van der Waals surface area contributed by atoms with Gasteiger partial charge in [-0.3, -0.25) is 0 Å². The quantitative estimate of drug-likeness (QED) is 0.823. The van der Waals surface area contributed by atoms with E-state index in [1.54, 1.807) is 13.0 Å². The number of rotatable bonds is 2. The fraction of sp³-hybridized carbons (Fsp3) is 0.200. The Bertz CT molecular complexity index is 279. The van der Waals surface area contributed by atoms with E-state index in [9.17, 15) is 0 Å². The van der Waals surface area contributed by atoms with Crippen molar-refractivity contribution in [1.82, 2.24) is 0 Å². The minimum absolute atomic E-state index is 0.392. The topological polar surface area (TPSA) is 20.2 Å². The first-order valence-corrected chi connectivity index (χ1v) is 4.60. The molecule has 1 unspecified atom stereocenters. The smallest absolute Gasteiger partial charge is 0.0696 e. The highest BCUT2D eigenvalue weighted by Crippen LogP contribution is 2.17. The Balaban J connectivity index is 2.82. The van der Waals surface area contributed by atoms with Crippen LogP contribution < -0.4 is 0 Å². The maximum atomic E-state index is 9.00. The van der Waals surface area contributed by atoms with Crippen molar-refractivity contribution in [3.8, 4) is 0 Å². The van der Waals surface area contributed by atoms with Crippen molar-refractivity contribution in [1.29, 1.82) is 0 Å². The minimum atomic E-state index is -0.392. The summed E-state index contributed by atoms with van der Waals surface area (Å²) in [6, 6.07) is 7.89. The first-order chi connectivity index (χ1) is 5.70. The SMILES string of the molecule is CC(O)/C=C/c1ccccc1Br. The molecule has 0 saturated heterocycles. The highest BCUT2D eigenvalue weighted by Gasteiger charge is 1.92. The molecule has 1 aromatic rings. The van der Waals surface area contributed by atoms with E-state index >= 15 is 0 Å². The Morgan fingerprint density at radius 1 is 1.42 bits per heavy atom. The predicted molar refractivity (Wildman–Crippen MR) is 54.9 cm³/mol. The summed E-state index contributed by atoms with van der Waals surface area (Å²) >= 11 is 3.41. The summed E-state index contributed by atoms with van der Waals surface area (Å²) in [4.78, 5) is 0. The molecule has 0 radical (unpaired) electrons. The number of hydrogen-bond acceptors (Lipinski definition) is 1. The van der Waals surface area contributed by atoms with Crippen molar-refractivity contribution in [2.75, 3.05) is 0 Å². The molecule has 64 valence electrons. The molecule has 0 aliphatic rings. The fourth-order valence-electron chi connectivity index (χ4n) is 0.853. The summed E-state index contributed by atoms with van der Waals surface area (Å²) < 4.78 is 1.04. The van der Waals surface area contributed by atoms with Gasteiger partial charge in [-0.05, 0) is 18.6 Å². The molecule has 0 bridgehead atoms. The minimum Gasteiger partial charge on any atom is -0.389 e. The Hall–Kier alpha value is -0.600. The summed E-state index contributed by atoms with van der Waals surface area (Å²) in [5, 5.41) is 9.00. The van der Waals surface area contributed by atoms with E-state index in [0.29, 0.717) is 0 Å². The van der Waals surface area contributed by atoms with Gasteiger partial charge in [0.05, 0.1) is 6.10 Å². The van der Waals surface area contributed by atoms with Gasteiger partial charge in [0.25, 0.3) is 0 Å². The second-order valence-electron chi connectivity index (χ2n) is 2.62. The van der Waals surface area contributed by atoms with Crippen molar-refractivity contribution in [2.45, 2.75) is 13.0 Å². The second-order valence-corrected chi connectivity index (χ2v) is 3.48. The van der Waals surface area contributed by atoms with Crippen molar-refractivity contribution in [3.05, 3.63) is 40.4 Å². The molecule has 12 heavy (non-hydrogen) atoms. The third-order valence-electron chi connectivity index (χ3n) is 1.46. The lowest BCUT2D eigenvalue weighted by Gasteiger charge is -1.97. The number of halogens is 1. The van der Waals surface area contributed by atoms with Crippen LogP contribution >= 0.6 is 15.9 Å². The van der Waals surface area contributed by atoms with Crippen LogP contribution in [0.15, 0.2) is 34.8 Å². The van der Waals surface area contributed by atoms with Gasteiger partial charge < -0.3 is 5.11 Å². The van der Waals surface area contributed by atoms with Crippen LogP contribution in [0.5, 0.6) is 0 Å². The van der Waals surface area contributed by atoms with E-state index in [-0.39, 0.29) is 0 Å². The molecule has 2 heteroatoms. The fourth-order valence-corrected chi connectivity index (χ4v) is 1.27. The molecule has 1 nitrogen and oxygen atoms in total. The van der Waals surface area contributed by atoms with E-state index in [1.165, 1.54) is 0 Å². The molecule has 0 saturated carbocycles. The van der Waals surface area contributed by atoms with Crippen molar-refractivity contribution in [2.24, 2.45) is 0 Å². The Kier molecular flexibility index (Phi) is 3.50. The maximum Gasteiger partial charge on any atom is 0.0696 e. The molecule has 0 aromatic heterocycles. The molecule has 0 fully saturated rings.